The Morgan fingerprint density at radius 1 is 1.17 bits per heavy atom. The summed E-state index contributed by atoms with van der Waals surface area (Å²) in [5, 5.41) is 2.49. The van der Waals surface area contributed by atoms with E-state index in [9.17, 15) is 26.4 Å². The molecule has 2 rings (SSSR count). The quantitative estimate of drug-likeness (QED) is 0.831. The highest BCUT2D eigenvalue weighted by Gasteiger charge is 2.50. The second-order valence-corrected chi connectivity index (χ2v) is 9.96. The van der Waals surface area contributed by atoms with Crippen molar-refractivity contribution < 1.29 is 26.4 Å². The molecule has 1 saturated heterocycles. The van der Waals surface area contributed by atoms with Crippen LogP contribution in [0.3, 0.4) is 0 Å². The van der Waals surface area contributed by atoms with Gasteiger partial charge in [0.05, 0.1) is 15.9 Å². The van der Waals surface area contributed by atoms with Gasteiger partial charge in [-0.25, -0.2) is 13.2 Å². The Labute approximate surface area is 140 Å². The van der Waals surface area contributed by atoms with E-state index in [1.165, 1.54) is 4.90 Å². The normalized spacial score (nSPS) is 23.5. The first kappa shape index (κ1) is 19.3. The van der Waals surface area contributed by atoms with Crippen molar-refractivity contribution in [1.29, 1.82) is 0 Å². The number of hydrogen-bond donors (Lipinski definition) is 1. The van der Waals surface area contributed by atoms with Gasteiger partial charge in [0.25, 0.3) is 0 Å². The van der Waals surface area contributed by atoms with Gasteiger partial charge in [0.15, 0.2) is 9.84 Å². The van der Waals surface area contributed by atoms with E-state index < -0.39 is 32.2 Å². The lowest BCUT2D eigenvalue weighted by atomic mass is 9.81. The lowest BCUT2D eigenvalue weighted by Crippen LogP contribution is -2.46. The van der Waals surface area contributed by atoms with Gasteiger partial charge in [-0.3, -0.25) is 0 Å². The molecule has 5 nitrogen and oxygen atoms in total. The van der Waals surface area contributed by atoms with E-state index in [2.05, 4.69) is 5.32 Å². The molecule has 2 amide bonds. The lowest BCUT2D eigenvalue weighted by Gasteiger charge is -2.39. The zero-order valence-corrected chi connectivity index (χ0v) is 14.9. The minimum Gasteiger partial charge on any atom is -0.338 e. The highest BCUT2D eigenvalue weighted by Crippen LogP contribution is 2.44. The van der Waals surface area contributed by atoms with Crippen LogP contribution in [-0.4, -0.2) is 55.7 Å². The van der Waals surface area contributed by atoms with Crippen LogP contribution in [0.1, 0.15) is 46.0 Å². The van der Waals surface area contributed by atoms with Crippen molar-refractivity contribution in [2.24, 2.45) is 5.41 Å². The molecule has 0 aromatic carbocycles. The zero-order chi connectivity index (χ0) is 18.2. The SMILES string of the molecule is CC(C)(CCNC(=O)N1CCC2(CCC2)S(=O)(=O)CC1)C(F)(F)F. The second kappa shape index (κ2) is 6.38. The number of rotatable bonds is 3. The summed E-state index contributed by atoms with van der Waals surface area (Å²) in [4.78, 5) is 13.6. The highest BCUT2D eigenvalue weighted by atomic mass is 32.2. The van der Waals surface area contributed by atoms with Crippen LogP contribution in [-0.2, 0) is 9.84 Å². The monoisotopic (exact) mass is 370 g/mol. The average Bonchev–Trinajstić information content (AvgIpc) is 2.52. The molecule has 0 aromatic heterocycles. The van der Waals surface area contributed by atoms with Gasteiger partial charge in [-0.2, -0.15) is 13.2 Å². The minimum absolute atomic E-state index is 0.0749. The first-order valence-electron chi connectivity index (χ1n) is 8.22. The van der Waals surface area contributed by atoms with E-state index >= 15 is 0 Å². The molecule has 2 fully saturated rings. The Hall–Kier alpha value is -0.990. The summed E-state index contributed by atoms with van der Waals surface area (Å²) in [6.45, 7) is 2.52. The van der Waals surface area contributed by atoms with Crippen molar-refractivity contribution >= 4 is 15.9 Å². The molecule has 24 heavy (non-hydrogen) atoms. The molecule has 0 atom stereocenters. The number of nitrogens with zero attached hydrogens (tertiary/aromatic N) is 1. The van der Waals surface area contributed by atoms with Gasteiger partial charge >= 0.3 is 12.2 Å². The summed E-state index contributed by atoms with van der Waals surface area (Å²) in [5.41, 5.74) is -1.88. The molecular weight excluding hydrogens is 345 g/mol. The number of sulfone groups is 1. The molecule has 0 bridgehead atoms. The fourth-order valence-corrected chi connectivity index (χ4v) is 5.33. The van der Waals surface area contributed by atoms with Crippen LogP contribution in [0, 0.1) is 5.41 Å². The van der Waals surface area contributed by atoms with E-state index in [4.69, 9.17) is 0 Å². The maximum atomic E-state index is 12.8. The van der Waals surface area contributed by atoms with Crippen molar-refractivity contribution in [3.8, 4) is 0 Å². The van der Waals surface area contributed by atoms with Crippen LogP contribution in [0.5, 0.6) is 0 Å². The summed E-state index contributed by atoms with van der Waals surface area (Å²) in [5.74, 6) is -0.0749. The van der Waals surface area contributed by atoms with Crippen LogP contribution in [0.25, 0.3) is 0 Å². The molecule has 0 aromatic rings. The molecule has 140 valence electrons. The van der Waals surface area contributed by atoms with Crippen LogP contribution in [0.2, 0.25) is 0 Å². The first-order chi connectivity index (χ1) is 10.9. The van der Waals surface area contributed by atoms with E-state index in [-0.39, 0.29) is 25.3 Å². The Balaban J connectivity index is 1.88. The van der Waals surface area contributed by atoms with E-state index in [0.717, 1.165) is 20.3 Å². The predicted molar refractivity (Wildman–Crippen MR) is 84.4 cm³/mol. The Bertz CT molecular complexity index is 583. The van der Waals surface area contributed by atoms with Gasteiger partial charge in [-0.1, -0.05) is 20.3 Å². The summed E-state index contributed by atoms with van der Waals surface area (Å²) in [7, 11) is -3.22. The van der Waals surface area contributed by atoms with E-state index in [0.29, 0.717) is 25.8 Å². The second-order valence-electron chi connectivity index (χ2n) is 7.46. The lowest BCUT2D eigenvalue weighted by molar-refractivity contribution is -0.213. The predicted octanol–water partition coefficient (Wildman–Crippen LogP) is 2.72. The standard InChI is InChI=1S/C15H25F3N2O3S/c1-13(2,15(16,17)18)6-8-19-12(21)20-9-7-14(4-3-5-14)24(22,23)11-10-20/h3-11H2,1-2H3,(H,19,21). The van der Waals surface area contributed by atoms with Crippen molar-refractivity contribution in [3.05, 3.63) is 0 Å². The number of alkyl halides is 3. The van der Waals surface area contributed by atoms with Crippen LogP contribution in [0.4, 0.5) is 18.0 Å². The zero-order valence-electron chi connectivity index (χ0n) is 14.1. The third-order valence-corrected chi connectivity index (χ3v) is 8.12. The van der Waals surface area contributed by atoms with Crippen LogP contribution >= 0.6 is 0 Å². The maximum absolute atomic E-state index is 12.8. The maximum Gasteiger partial charge on any atom is 0.394 e. The van der Waals surface area contributed by atoms with Gasteiger partial charge in [-0.05, 0) is 25.7 Å². The first-order valence-corrected chi connectivity index (χ1v) is 9.87. The topological polar surface area (TPSA) is 66.5 Å². The summed E-state index contributed by atoms with van der Waals surface area (Å²) >= 11 is 0. The molecule has 1 aliphatic carbocycles. The Kier molecular flexibility index (Phi) is 5.14. The number of carbonyl (C=O) groups is 1. The van der Waals surface area contributed by atoms with Gasteiger partial charge in [0, 0.05) is 19.6 Å². The van der Waals surface area contributed by atoms with Crippen LogP contribution < -0.4 is 5.32 Å². The molecule has 0 radical (unpaired) electrons. The third-order valence-electron chi connectivity index (χ3n) is 5.47. The third kappa shape index (κ3) is 3.65. The number of hydrogen-bond acceptors (Lipinski definition) is 3. The molecule has 1 saturated carbocycles. The summed E-state index contributed by atoms with van der Waals surface area (Å²) in [6.07, 6.45) is -1.97. The molecule has 9 heteroatoms. The van der Waals surface area contributed by atoms with Crippen LogP contribution in [0.15, 0.2) is 0 Å². The molecule has 1 N–H and O–H groups in total. The molecular formula is C15H25F3N2O3S. The van der Waals surface area contributed by atoms with E-state index in [1.54, 1.807) is 0 Å². The smallest absolute Gasteiger partial charge is 0.338 e. The Morgan fingerprint density at radius 2 is 1.79 bits per heavy atom. The fraction of sp³-hybridized carbons (Fsp3) is 0.933. The number of carbonyl (C=O) groups excluding carboxylic acids is 1. The van der Waals surface area contributed by atoms with Gasteiger partial charge in [0.2, 0.25) is 0 Å². The average molecular weight is 370 g/mol. The number of nitrogens with one attached hydrogen (secondary N) is 1. The van der Waals surface area contributed by atoms with E-state index in [1.807, 2.05) is 0 Å². The van der Waals surface area contributed by atoms with Crippen molar-refractivity contribution in [2.75, 3.05) is 25.4 Å². The van der Waals surface area contributed by atoms with Gasteiger partial charge < -0.3 is 10.2 Å². The Morgan fingerprint density at radius 3 is 2.29 bits per heavy atom. The minimum atomic E-state index is -4.33. The molecule has 0 unspecified atom stereocenters. The van der Waals surface area contributed by atoms with Crippen molar-refractivity contribution in [3.63, 3.8) is 0 Å². The highest BCUT2D eigenvalue weighted by molar-refractivity contribution is 7.92. The number of amides is 2. The largest absolute Gasteiger partial charge is 0.394 e. The van der Waals surface area contributed by atoms with Crippen molar-refractivity contribution in [2.45, 2.75) is 56.9 Å². The van der Waals surface area contributed by atoms with Crippen molar-refractivity contribution in [1.82, 2.24) is 10.2 Å². The molecule has 2 aliphatic rings. The number of urea groups is 1. The summed E-state index contributed by atoms with van der Waals surface area (Å²) < 4.78 is 62.4. The fourth-order valence-electron chi connectivity index (χ4n) is 3.12. The molecule has 1 spiro atoms. The summed E-state index contributed by atoms with van der Waals surface area (Å²) in [6, 6.07) is -0.487. The molecule has 1 aliphatic heterocycles. The molecule has 1 heterocycles. The number of halogens is 3. The van der Waals surface area contributed by atoms with Gasteiger partial charge in [0.1, 0.15) is 0 Å². The van der Waals surface area contributed by atoms with Gasteiger partial charge in [-0.15, -0.1) is 0 Å².